The van der Waals surface area contributed by atoms with E-state index in [4.69, 9.17) is 16.3 Å². The molecule has 0 fully saturated rings. The van der Waals surface area contributed by atoms with Crippen LogP contribution in [-0.4, -0.2) is 15.8 Å². The molecule has 0 aliphatic rings. The average Bonchev–Trinajstić information content (AvgIpc) is 2.38. The first-order chi connectivity index (χ1) is 8.68. The highest BCUT2D eigenvalue weighted by Gasteiger charge is 2.15. The number of halogens is 1. The van der Waals surface area contributed by atoms with Gasteiger partial charge in [-0.1, -0.05) is 41.9 Å². The largest absolute Gasteiger partial charge is 0.483 e. The monoisotopic (exact) mass is 262 g/mol. The van der Waals surface area contributed by atoms with Gasteiger partial charge >= 0.3 is 0 Å². The zero-order valence-corrected chi connectivity index (χ0v) is 10.5. The van der Waals surface area contributed by atoms with Gasteiger partial charge in [-0.15, -0.1) is 0 Å². The lowest BCUT2D eigenvalue weighted by atomic mass is 10.2. The highest BCUT2D eigenvalue weighted by atomic mass is 35.5. The van der Waals surface area contributed by atoms with Crippen LogP contribution in [0.1, 0.15) is 23.0 Å². The van der Waals surface area contributed by atoms with Crippen molar-refractivity contribution in [2.75, 3.05) is 0 Å². The third-order valence-electron chi connectivity index (χ3n) is 2.32. The summed E-state index contributed by atoms with van der Waals surface area (Å²) in [6.45, 7) is 1.72. The van der Waals surface area contributed by atoms with Crippen LogP contribution in [0.3, 0.4) is 0 Å². The number of carbonyl (C=O) groups excluding carboxylic acids is 1. The molecule has 0 aliphatic carbocycles. The normalized spacial score (nSPS) is 10.1. The van der Waals surface area contributed by atoms with E-state index in [0.29, 0.717) is 6.61 Å². The molecule has 18 heavy (non-hydrogen) atoms. The molecule has 1 heterocycles. The lowest BCUT2D eigenvalue weighted by Crippen LogP contribution is -2.05. The number of benzene rings is 1. The summed E-state index contributed by atoms with van der Waals surface area (Å²) in [5.74, 6) is 0.0258. The number of ether oxygens (including phenoxy) is 1. The van der Waals surface area contributed by atoms with Crippen molar-refractivity contribution >= 4 is 17.4 Å². The van der Waals surface area contributed by atoms with Gasteiger partial charge in [-0.3, -0.25) is 4.79 Å². The fraction of sp³-hybridized carbons (Fsp3) is 0.154. The predicted octanol–water partition coefficient (Wildman–Crippen LogP) is 2.91. The van der Waals surface area contributed by atoms with Crippen LogP contribution < -0.4 is 4.74 Å². The molecule has 2 rings (SSSR count). The van der Waals surface area contributed by atoms with Crippen molar-refractivity contribution in [1.82, 2.24) is 9.97 Å². The highest BCUT2D eigenvalue weighted by molar-refractivity contribution is 6.31. The van der Waals surface area contributed by atoms with Crippen LogP contribution in [0, 0.1) is 0 Å². The molecule has 0 spiro atoms. The van der Waals surface area contributed by atoms with E-state index in [0.717, 1.165) is 5.56 Å². The van der Waals surface area contributed by atoms with Crippen molar-refractivity contribution in [3.05, 3.63) is 53.1 Å². The number of nitrogens with zero attached hydrogens (tertiary/aromatic N) is 2. The van der Waals surface area contributed by atoms with Crippen molar-refractivity contribution in [3.8, 4) is 5.75 Å². The lowest BCUT2D eigenvalue weighted by molar-refractivity contribution is 0.100. The van der Waals surface area contributed by atoms with Gasteiger partial charge in [0.15, 0.2) is 22.4 Å². The van der Waals surface area contributed by atoms with E-state index < -0.39 is 0 Å². The average molecular weight is 263 g/mol. The standard InChI is InChI=1S/C13H11ClN2O2/c1-9(17)11-12(13(14)16-8-15-11)18-7-10-5-3-2-4-6-10/h2-6,8H,7H2,1H3. The second-order valence-electron chi connectivity index (χ2n) is 3.67. The molecular weight excluding hydrogens is 252 g/mol. The summed E-state index contributed by atoms with van der Waals surface area (Å²) in [4.78, 5) is 19.1. The fourth-order valence-corrected chi connectivity index (χ4v) is 1.65. The van der Waals surface area contributed by atoms with Gasteiger partial charge in [-0.25, -0.2) is 9.97 Å². The van der Waals surface area contributed by atoms with E-state index in [9.17, 15) is 4.79 Å². The Labute approximate surface area is 110 Å². The minimum absolute atomic E-state index is 0.145. The number of rotatable bonds is 4. The number of carbonyl (C=O) groups is 1. The molecule has 0 atom stereocenters. The Balaban J connectivity index is 2.21. The van der Waals surface area contributed by atoms with E-state index in [1.54, 1.807) is 0 Å². The second-order valence-corrected chi connectivity index (χ2v) is 4.03. The van der Waals surface area contributed by atoms with Crippen LogP contribution in [-0.2, 0) is 6.61 Å². The van der Waals surface area contributed by atoms with Crippen LogP contribution in [0.4, 0.5) is 0 Å². The highest BCUT2D eigenvalue weighted by Crippen LogP contribution is 2.25. The van der Waals surface area contributed by atoms with Crippen molar-refractivity contribution < 1.29 is 9.53 Å². The topological polar surface area (TPSA) is 52.1 Å². The number of Topliss-reactive ketones (excluding diaryl/α,β-unsaturated/α-hetero) is 1. The zero-order chi connectivity index (χ0) is 13.0. The summed E-state index contributed by atoms with van der Waals surface area (Å²) in [6.07, 6.45) is 1.24. The molecule has 0 unspecified atom stereocenters. The van der Waals surface area contributed by atoms with Crippen molar-refractivity contribution in [2.24, 2.45) is 0 Å². The molecule has 0 radical (unpaired) electrons. The maximum atomic E-state index is 11.4. The maximum absolute atomic E-state index is 11.4. The van der Waals surface area contributed by atoms with E-state index in [1.165, 1.54) is 13.3 Å². The molecule has 0 saturated heterocycles. The Bertz CT molecular complexity index is 558. The molecule has 0 saturated carbocycles. The molecular formula is C13H11ClN2O2. The molecule has 0 bridgehead atoms. The Morgan fingerprint density at radius 1 is 1.28 bits per heavy atom. The summed E-state index contributed by atoms with van der Waals surface area (Å²) in [5.41, 5.74) is 1.18. The van der Waals surface area contributed by atoms with Crippen LogP contribution in [0.2, 0.25) is 5.15 Å². The van der Waals surface area contributed by atoms with Crippen molar-refractivity contribution in [2.45, 2.75) is 13.5 Å². The van der Waals surface area contributed by atoms with E-state index in [2.05, 4.69) is 9.97 Å². The van der Waals surface area contributed by atoms with Crippen LogP contribution in [0.15, 0.2) is 36.7 Å². The van der Waals surface area contributed by atoms with Crippen LogP contribution in [0.25, 0.3) is 0 Å². The van der Waals surface area contributed by atoms with Gasteiger partial charge in [0.1, 0.15) is 12.9 Å². The minimum atomic E-state index is -0.206. The quantitative estimate of drug-likeness (QED) is 0.628. The van der Waals surface area contributed by atoms with Crippen LogP contribution >= 0.6 is 11.6 Å². The summed E-state index contributed by atoms with van der Waals surface area (Å²) in [7, 11) is 0. The number of hydrogen-bond donors (Lipinski definition) is 0. The van der Waals surface area contributed by atoms with E-state index in [-0.39, 0.29) is 22.4 Å². The first-order valence-electron chi connectivity index (χ1n) is 5.36. The van der Waals surface area contributed by atoms with Crippen molar-refractivity contribution in [3.63, 3.8) is 0 Å². The van der Waals surface area contributed by atoms with Gasteiger partial charge in [0.2, 0.25) is 0 Å². The van der Waals surface area contributed by atoms with Crippen LogP contribution in [0.5, 0.6) is 5.75 Å². The molecule has 0 amide bonds. The first-order valence-corrected chi connectivity index (χ1v) is 5.74. The molecule has 1 aromatic heterocycles. The van der Waals surface area contributed by atoms with E-state index >= 15 is 0 Å². The third-order valence-corrected chi connectivity index (χ3v) is 2.59. The summed E-state index contributed by atoms with van der Waals surface area (Å²) < 4.78 is 5.54. The molecule has 0 N–H and O–H groups in total. The second kappa shape index (κ2) is 5.60. The zero-order valence-electron chi connectivity index (χ0n) is 9.76. The summed E-state index contributed by atoms with van der Waals surface area (Å²) >= 11 is 5.91. The molecule has 0 aliphatic heterocycles. The number of hydrogen-bond acceptors (Lipinski definition) is 4. The van der Waals surface area contributed by atoms with Gasteiger partial charge in [0.25, 0.3) is 0 Å². The maximum Gasteiger partial charge on any atom is 0.186 e. The van der Waals surface area contributed by atoms with Gasteiger partial charge in [0.05, 0.1) is 0 Å². The molecule has 4 nitrogen and oxygen atoms in total. The number of aromatic nitrogens is 2. The first kappa shape index (κ1) is 12.5. The molecule has 92 valence electrons. The Hall–Kier alpha value is -1.94. The third kappa shape index (κ3) is 2.84. The molecule has 1 aromatic carbocycles. The van der Waals surface area contributed by atoms with Gasteiger partial charge in [0, 0.05) is 6.92 Å². The van der Waals surface area contributed by atoms with Gasteiger partial charge in [-0.2, -0.15) is 0 Å². The van der Waals surface area contributed by atoms with Crippen molar-refractivity contribution in [1.29, 1.82) is 0 Å². The molecule has 2 aromatic rings. The minimum Gasteiger partial charge on any atom is -0.483 e. The van der Waals surface area contributed by atoms with Gasteiger partial charge < -0.3 is 4.74 Å². The fourth-order valence-electron chi connectivity index (χ4n) is 1.46. The molecule has 5 heteroatoms. The SMILES string of the molecule is CC(=O)c1ncnc(Cl)c1OCc1ccccc1. The lowest BCUT2D eigenvalue weighted by Gasteiger charge is -2.09. The van der Waals surface area contributed by atoms with E-state index in [1.807, 2.05) is 30.3 Å². The predicted molar refractivity (Wildman–Crippen MR) is 67.8 cm³/mol. The smallest absolute Gasteiger partial charge is 0.186 e. The Kier molecular flexibility index (Phi) is 3.89. The number of ketones is 1. The summed E-state index contributed by atoms with van der Waals surface area (Å²) in [5, 5.41) is 0.145. The Morgan fingerprint density at radius 2 is 2.00 bits per heavy atom. The Morgan fingerprint density at radius 3 is 2.67 bits per heavy atom. The van der Waals surface area contributed by atoms with Gasteiger partial charge in [-0.05, 0) is 5.56 Å². The summed E-state index contributed by atoms with van der Waals surface area (Å²) in [6, 6.07) is 9.58.